The summed E-state index contributed by atoms with van der Waals surface area (Å²) in [6.45, 7) is 0.924. The SMILES string of the molecule is O=C(OCc1ccc(Cl)cc1)[C@@H]1CCCN1C(=O)C12CC3CC(CC(C3)C1)C2. The lowest BCUT2D eigenvalue weighted by atomic mass is 9.49. The monoisotopic (exact) mass is 401 g/mol. The van der Waals surface area contributed by atoms with Crippen molar-refractivity contribution >= 4 is 23.5 Å². The van der Waals surface area contributed by atoms with Gasteiger partial charge in [0.05, 0.1) is 5.41 Å². The summed E-state index contributed by atoms with van der Waals surface area (Å²) in [5, 5.41) is 0.665. The molecule has 0 aromatic heterocycles. The van der Waals surface area contributed by atoms with Gasteiger partial charge < -0.3 is 9.64 Å². The van der Waals surface area contributed by atoms with Crippen LogP contribution in [0.5, 0.6) is 0 Å². The summed E-state index contributed by atoms with van der Waals surface area (Å²) in [6.07, 6.45) is 8.69. The molecule has 0 radical (unpaired) electrons. The minimum Gasteiger partial charge on any atom is -0.459 e. The molecular formula is C23H28ClNO3. The molecule has 28 heavy (non-hydrogen) atoms. The van der Waals surface area contributed by atoms with E-state index in [0.29, 0.717) is 11.6 Å². The highest BCUT2D eigenvalue weighted by molar-refractivity contribution is 6.30. The zero-order valence-electron chi connectivity index (χ0n) is 16.2. The highest BCUT2D eigenvalue weighted by Gasteiger charge is 2.56. The molecule has 5 aliphatic rings. The van der Waals surface area contributed by atoms with Gasteiger partial charge in [0.25, 0.3) is 0 Å². The first-order chi connectivity index (χ1) is 13.5. The lowest BCUT2D eigenvalue weighted by Gasteiger charge is -2.56. The van der Waals surface area contributed by atoms with Gasteiger partial charge in [-0.25, -0.2) is 4.79 Å². The maximum absolute atomic E-state index is 13.6. The predicted molar refractivity (Wildman–Crippen MR) is 107 cm³/mol. The molecule has 4 aliphatic carbocycles. The second-order valence-corrected chi connectivity index (χ2v) is 10.0. The van der Waals surface area contributed by atoms with Crippen LogP contribution in [0.2, 0.25) is 5.02 Å². The van der Waals surface area contributed by atoms with Gasteiger partial charge in [0.15, 0.2) is 0 Å². The molecule has 0 N–H and O–H groups in total. The van der Waals surface area contributed by atoms with Crippen LogP contribution in [0.1, 0.15) is 56.9 Å². The summed E-state index contributed by atoms with van der Waals surface area (Å²) in [6, 6.07) is 6.91. The fourth-order valence-corrected chi connectivity index (χ4v) is 6.89. The summed E-state index contributed by atoms with van der Waals surface area (Å²) in [5.41, 5.74) is 0.725. The summed E-state index contributed by atoms with van der Waals surface area (Å²) in [5.74, 6) is 2.18. The molecule has 1 aromatic rings. The van der Waals surface area contributed by atoms with Crippen molar-refractivity contribution < 1.29 is 14.3 Å². The van der Waals surface area contributed by atoms with Crippen LogP contribution in [0, 0.1) is 23.2 Å². The molecule has 5 heteroatoms. The van der Waals surface area contributed by atoms with E-state index >= 15 is 0 Å². The zero-order chi connectivity index (χ0) is 19.3. The largest absolute Gasteiger partial charge is 0.459 e. The summed E-state index contributed by atoms with van der Waals surface area (Å²) in [4.78, 5) is 28.3. The average molecular weight is 402 g/mol. The minimum absolute atomic E-state index is 0.187. The van der Waals surface area contributed by atoms with E-state index in [1.165, 1.54) is 19.3 Å². The summed E-state index contributed by atoms with van der Waals surface area (Å²) >= 11 is 5.91. The Balaban J connectivity index is 1.26. The Morgan fingerprint density at radius 2 is 1.64 bits per heavy atom. The number of carbonyl (C=O) groups is 2. The quantitative estimate of drug-likeness (QED) is 0.693. The van der Waals surface area contributed by atoms with Crippen molar-refractivity contribution in [2.75, 3.05) is 6.54 Å². The summed E-state index contributed by atoms with van der Waals surface area (Å²) < 4.78 is 5.58. The first-order valence-corrected chi connectivity index (χ1v) is 11.1. The highest BCUT2D eigenvalue weighted by Crippen LogP contribution is 2.60. The second-order valence-electron chi connectivity index (χ2n) is 9.59. The maximum atomic E-state index is 13.6. The van der Waals surface area contributed by atoms with Gasteiger partial charge in [-0.2, -0.15) is 0 Å². The van der Waals surface area contributed by atoms with E-state index in [2.05, 4.69) is 0 Å². The molecule has 0 unspecified atom stereocenters. The lowest BCUT2D eigenvalue weighted by molar-refractivity contribution is -0.166. The van der Waals surface area contributed by atoms with Gasteiger partial charge in [-0.3, -0.25) is 4.79 Å². The molecule has 1 saturated heterocycles. The smallest absolute Gasteiger partial charge is 0.329 e. The molecule has 1 aliphatic heterocycles. The third-order valence-corrected chi connectivity index (χ3v) is 7.82. The Labute approximate surface area is 171 Å². The van der Waals surface area contributed by atoms with E-state index in [1.807, 2.05) is 17.0 Å². The lowest BCUT2D eigenvalue weighted by Crippen LogP contribution is -2.56. The van der Waals surface area contributed by atoms with Gasteiger partial charge in [0.2, 0.25) is 5.91 Å². The van der Waals surface area contributed by atoms with E-state index in [4.69, 9.17) is 16.3 Å². The zero-order valence-corrected chi connectivity index (χ0v) is 17.0. The number of amides is 1. The number of halogens is 1. The molecule has 0 spiro atoms. The van der Waals surface area contributed by atoms with E-state index in [1.54, 1.807) is 12.1 Å². The molecule has 5 fully saturated rings. The fraction of sp³-hybridized carbons (Fsp3) is 0.652. The standard InChI is InChI=1S/C23H28ClNO3/c24-19-5-3-15(4-6-19)14-28-21(26)20-2-1-7-25(20)22(27)23-11-16-8-17(12-23)10-18(9-16)13-23/h3-6,16-18,20H,1-2,7-14H2/t16?,17?,18?,20-,23?/m0/s1. The summed E-state index contributed by atoms with van der Waals surface area (Å²) in [7, 11) is 0. The Morgan fingerprint density at radius 3 is 2.25 bits per heavy atom. The number of nitrogens with zero attached hydrogens (tertiary/aromatic N) is 1. The minimum atomic E-state index is -0.409. The van der Waals surface area contributed by atoms with Gasteiger partial charge in [-0.15, -0.1) is 0 Å². The molecule has 4 nitrogen and oxygen atoms in total. The molecule has 4 saturated carbocycles. The normalized spacial score (nSPS) is 36.0. The van der Waals surface area contributed by atoms with Crippen LogP contribution in [0.15, 0.2) is 24.3 Å². The number of likely N-dealkylation sites (tertiary alicyclic amines) is 1. The molecule has 150 valence electrons. The Hall–Kier alpha value is -1.55. The Kier molecular flexibility index (Phi) is 4.65. The van der Waals surface area contributed by atoms with Crippen molar-refractivity contribution in [1.82, 2.24) is 4.90 Å². The third kappa shape index (κ3) is 3.24. The molecule has 1 atom stereocenters. The molecule has 4 bridgehead atoms. The Bertz CT molecular complexity index is 739. The predicted octanol–water partition coefficient (Wildman–Crippen LogP) is 4.59. The topological polar surface area (TPSA) is 46.6 Å². The van der Waals surface area contributed by atoms with E-state index < -0.39 is 6.04 Å². The Morgan fingerprint density at radius 1 is 1.04 bits per heavy atom. The molecule has 1 heterocycles. The van der Waals surface area contributed by atoms with Crippen LogP contribution in [0.3, 0.4) is 0 Å². The van der Waals surface area contributed by atoms with Crippen LogP contribution < -0.4 is 0 Å². The first kappa shape index (κ1) is 18.5. The maximum Gasteiger partial charge on any atom is 0.329 e. The van der Waals surface area contributed by atoms with Gasteiger partial charge in [-0.05, 0) is 86.8 Å². The molecule has 1 amide bonds. The van der Waals surface area contributed by atoms with Gasteiger partial charge in [0, 0.05) is 11.6 Å². The number of rotatable bonds is 4. The van der Waals surface area contributed by atoms with E-state index in [9.17, 15) is 9.59 Å². The number of benzene rings is 1. The van der Waals surface area contributed by atoms with Crippen LogP contribution >= 0.6 is 11.6 Å². The van der Waals surface area contributed by atoms with E-state index in [-0.39, 0.29) is 23.9 Å². The van der Waals surface area contributed by atoms with Crippen LogP contribution in [-0.4, -0.2) is 29.4 Å². The van der Waals surface area contributed by atoms with Gasteiger partial charge in [-0.1, -0.05) is 23.7 Å². The molecule has 6 rings (SSSR count). The van der Waals surface area contributed by atoms with Crippen molar-refractivity contribution in [2.24, 2.45) is 23.2 Å². The van der Waals surface area contributed by atoms with E-state index in [0.717, 1.165) is 55.4 Å². The number of esters is 1. The molecular weight excluding hydrogens is 374 g/mol. The van der Waals surface area contributed by atoms with Crippen LogP contribution in [0.25, 0.3) is 0 Å². The van der Waals surface area contributed by atoms with Crippen molar-refractivity contribution in [1.29, 1.82) is 0 Å². The molecule has 1 aromatic carbocycles. The average Bonchev–Trinajstić information content (AvgIpc) is 3.15. The number of hydrogen-bond donors (Lipinski definition) is 0. The number of carbonyl (C=O) groups excluding carboxylic acids is 2. The van der Waals surface area contributed by atoms with Crippen molar-refractivity contribution in [3.63, 3.8) is 0 Å². The number of ether oxygens (including phenoxy) is 1. The fourth-order valence-electron chi connectivity index (χ4n) is 6.76. The van der Waals surface area contributed by atoms with Crippen molar-refractivity contribution in [3.8, 4) is 0 Å². The first-order valence-electron chi connectivity index (χ1n) is 10.7. The van der Waals surface area contributed by atoms with Crippen LogP contribution in [-0.2, 0) is 20.9 Å². The third-order valence-electron chi connectivity index (χ3n) is 7.57. The second kappa shape index (κ2) is 7.05. The highest BCUT2D eigenvalue weighted by atomic mass is 35.5. The van der Waals surface area contributed by atoms with Crippen molar-refractivity contribution in [3.05, 3.63) is 34.9 Å². The van der Waals surface area contributed by atoms with Gasteiger partial charge in [0.1, 0.15) is 12.6 Å². The van der Waals surface area contributed by atoms with Crippen LogP contribution in [0.4, 0.5) is 0 Å². The number of hydrogen-bond acceptors (Lipinski definition) is 3. The van der Waals surface area contributed by atoms with Crippen molar-refractivity contribution in [2.45, 2.75) is 64.0 Å². The van der Waals surface area contributed by atoms with Gasteiger partial charge >= 0.3 is 5.97 Å².